The van der Waals surface area contributed by atoms with Crippen molar-refractivity contribution in [3.05, 3.63) is 0 Å². The van der Waals surface area contributed by atoms with Crippen LogP contribution in [0.5, 0.6) is 0 Å². The maximum atomic E-state index is 12.6. The van der Waals surface area contributed by atoms with Gasteiger partial charge in [-0.1, -0.05) is 6.92 Å². The number of hydrogen-bond donors (Lipinski definition) is 1. The lowest BCUT2D eigenvalue weighted by Crippen LogP contribution is -2.57. The molecule has 0 radical (unpaired) electrons. The van der Waals surface area contributed by atoms with Gasteiger partial charge in [0.15, 0.2) is 0 Å². The monoisotopic (exact) mass is 313 g/mol. The summed E-state index contributed by atoms with van der Waals surface area (Å²) in [6.45, 7) is 11.6. The van der Waals surface area contributed by atoms with Gasteiger partial charge in [0, 0.05) is 12.6 Å². The lowest BCUT2D eigenvalue weighted by atomic mass is 10.0. The molecule has 0 saturated carbocycles. The molecular weight excluding hydrogens is 282 g/mol. The van der Waals surface area contributed by atoms with E-state index in [-0.39, 0.29) is 42.6 Å². The van der Waals surface area contributed by atoms with Crippen LogP contribution in [-0.2, 0) is 14.3 Å². The molecule has 0 spiro atoms. The molecule has 1 unspecified atom stereocenters. The number of nitrogens with zero attached hydrogens (tertiary/aromatic N) is 2. The first-order valence-corrected chi connectivity index (χ1v) is 8.06. The quantitative estimate of drug-likeness (QED) is 0.790. The number of ether oxygens (including phenoxy) is 1. The Balaban J connectivity index is 2.56. The number of carbonyl (C=O) groups excluding carboxylic acids is 2. The van der Waals surface area contributed by atoms with E-state index < -0.39 is 0 Å². The fourth-order valence-corrected chi connectivity index (χ4v) is 2.62. The van der Waals surface area contributed by atoms with Gasteiger partial charge in [-0.15, -0.1) is 0 Å². The molecule has 1 fully saturated rings. The van der Waals surface area contributed by atoms with Crippen LogP contribution in [0, 0.1) is 0 Å². The number of rotatable bonds is 6. The number of morpholine rings is 1. The van der Waals surface area contributed by atoms with E-state index in [0.29, 0.717) is 13.2 Å². The van der Waals surface area contributed by atoms with Crippen molar-refractivity contribution in [2.75, 3.05) is 33.3 Å². The Hall–Kier alpha value is -1.14. The second-order valence-corrected chi connectivity index (χ2v) is 7.05. The summed E-state index contributed by atoms with van der Waals surface area (Å²) in [6.07, 6.45) is 0.874. The SMILES string of the molecule is CCC1COC(C)(C)CN1C(=O)CN(C)CC(=O)NC(C)C. The smallest absolute Gasteiger partial charge is 0.237 e. The molecule has 1 saturated heterocycles. The topological polar surface area (TPSA) is 61.9 Å². The Kier molecular flexibility index (Phi) is 6.81. The van der Waals surface area contributed by atoms with Gasteiger partial charge in [-0.05, 0) is 41.2 Å². The second kappa shape index (κ2) is 7.92. The van der Waals surface area contributed by atoms with Crippen molar-refractivity contribution in [3.63, 3.8) is 0 Å². The molecular formula is C16H31N3O3. The standard InChI is InChI=1S/C16H31N3O3/c1-7-13-10-22-16(4,5)11-19(13)15(21)9-18(6)8-14(20)17-12(2)3/h12-13H,7-11H2,1-6H3,(H,17,20). The van der Waals surface area contributed by atoms with E-state index in [0.717, 1.165) is 6.42 Å². The van der Waals surface area contributed by atoms with Crippen molar-refractivity contribution in [3.8, 4) is 0 Å². The molecule has 6 heteroatoms. The number of amides is 2. The van der Waals surface area contributed by atoms with Gasteiger partial charge in [-0.2, -0.15) is 0 Å². The highest BCUT2D eigenvalue weighted by Crippen LogP contribution is 2.22. The zero-order valence-electron chi connectivity index (χ0n) is 14.8. The van der Waals surface area contributed by atoms with Crippen LogP contribution in [0.4, 0.5) is 0 Å². The fourth-order valence-electron chi connectivity index (χ4n) is 2.62. The minimum Gasteiger partial charge on any atom is -0.372 e. The normalized spacial score (nSPS) is 21.3. The predicted molar refractivity (Wildman–Crippen MR) is 86.6 cm³/mol. The third-order valence-corrected chi connectivity index (χ3v) is 3.72. The van der Waals surface area contributed by atoms with Gasteiger partial charge in [-0.3, -0.25) is 14.5 Å². The minimum atomic E-state index is -0.311. The van der Waals surface area contributed by atoms with Crippen LogP contribution >= 0.6 is 0 Å². The van der Waals surface area contributed by atoms with Crippen molar-refractivity contribution in [1.82, 2.24) is 15.1 Å². The first kappa shape index (κ1) is 18.9. The third kappa shape index (κ3) is 5.93. The summed E-state index contributed by atoms with van der Waals surface area (Å²) in [6, 6.07) is 0.236. The third-order valence-electron chi connectivity index (χ3n) is 3.72. The zero-order valence-corrected chi connectivity index (χ0v) is 14.8. The van der Waals surface area contributed by atoms with Gasteiger partial charge >= 0.3 is 0 Å². The van der Waals surface area contributed by atoms with Crippen molar-refractivity contribution in [2.45, 2.75) is 58.7 Å². The summed E-state index contributed by atoms with van der Waals surface area (Å²) in [5.74, 6) is 0.00252. The maximum absolute atomic E-state index is 12.6. The number of likely N-dealkylation sites (N-methyl/N-ethyl adjacent to an activating group) is 1. The van der Waals surface area contributed by atoms with Gasteiger partial charge < -0.3 is 15.0 Å². The van der Waals surface area contributed by atoms with E-state index >= 15 is 0 Å². The molecule has 0 aromatic rings. The molecule has 2 amide bonds. The molecule has 1 rings (SSSR count). The Bertz CT molecular complexity index is 396. The minimum absolute atomic E-state index is 0.0559. The molecule has 128 valence electrons. The van der Waals surface area contributed by atoms with Gasteiger partial charge in [0.25, 0.3) is 0 Å². The number of hydrogen-bond acceptors (Lipinski definition) is 4. The van der Waals surface area contributed by atoms with E-state index in [1.165, 1.54) is 0 Å². The van der Waals surface area contributed by atoms with Crippen LogP contribution in [0.1, 0.15) is 41.0 Å². The van der Waals surface area contributed by atoms with E-state index in [9.17, 15) is 9.59 Å². The Morgan fingerprint density at radius 2 is 2.00 bits per heavy atom. The first-order chi connectivity index (χ1) is 10.1. The summed E-state index contributed by atoms with van der Waals surface area (Å²) in [4.78, 5) is 28.0. The first-order valence-electron chi connectivity index (χ1n) is 8.06. The molecule has 0 aliphatic carbocycles. The second-order valence-electron chi connectivity index (χ2n) is 7.05. The van der Waals surface area contributed by atoms with Crippen molar-refractivity contribution < 1.29 is 14.3 Å². The average Bonchev–Trinajstić information content (AvgIpc) is 2.36. The van der Waals surface area contributed by atoms with Gasteiger partial charge in [-0.25, -0.2) is 0 Å². The molecule has 1 atom stereocenters. The molecule has 0 bridgehead atoms. The molecule has 1 aliphatic heterocycles. The lowest BCUT2D eigenvalue weighted by molar-refractivity contribution is -0.156. The fraction of sp³-hybridized carbons (Fsp3) is 0.875. The van der Waals surface area contributed by atoms with Crippen LogP contribution in [0.15, 0.2) is 0 Å². The summed E-state index contributed by atoms with van der Waals surface area (Å²) < 4.78 is 5.79. The predicted octanol–water partition coefficient (Wildman–Crippen LogP) is 0.859. The van der Waals surface area contributed by atoms with E-state index in [1.54, 1.807) is 11.9 Å². The van der Waals surface area contributed by atoms with Gasteiger partial charge in [0.05, 0.1) is 31.3 Å². The van der Waals surface area contributed by atoms with Gasteiger partial charge in [0.2, 0.25) is 11.8 Å². The van der Waals surface area contributed by atoms with Crippen LogP contribution < -0.4 is 5.32 Å². The Morgan fingerprint density at radius 3 is 2.55 bits per heavy atom. The van der Waals surface area contributed by atoms with E-state index in [1.807, 2.05) is 32.6 Å². The van der Waals surface area contributed by atoms with Crippen LogP contribution in [-0.4, -0.2) is 72.6 Å². The highest BCUT2D eigenvalue weighted by Gasteiger charge is 2.35. The molecule has 22 heavy (non-hydrogen) atoms. The Morgan fingerprint density at radius 1 is 1.36 bits per heavy atom. The number of carbonyl (C=O) groups is 2. The van der Waals surface area contributed by atoms with Crippen molar-refractivity contribution >= 4 is 11.8 Å². The zero-order chi connectivity index (χ0) is 16.9. The largest absolute Gasteiger partial charge is 0.372 e. The molecule has 0 aromatic carbocycles. The average molecular weight is 313 g/mol. The molecule has 6 nitrogen and oxygen atoms in total. The lowest BCUT2D eigenvalue weighted by Gasteiger charge is -2.44. The molecule has 1 aliphatic rings. The van der Waals surface area contributed by atoms with Crippen molar-refractivity contribution in [1.29, 1.82) is 0 Å². The molecule has 1 N–H and O–H groups in total. The summed E-state index contributed by atoms with van der Waals surface area (Å²) in [5.41, 5.74) is -0.311. The van der Waals surface area contributed by atoms with Crippen molar-refractivity contribution in [2.24, 2.45) is 0 Å². The van der Waals surface area contributed by atoms with Crippen LogP contribution in [0.25, 0.3) is 0 Å². The van der Waals surface area contributed by atoms with Crippen LogP contribution in [0.3, 0.4) is 0 Å². The molecule has 1 heterocycles. The summed E-state index contributed by atoms with van der Waals surface area (Å²) in [5, 5.41) is 2.83. The van der Waals surface area contributed by atoms with Crippen LogP contribution in [0.2, 0.25) is 0 Å². The number of nitrogens with one attached hydrogen (secondary N) is 1. The summed E-state index contributed by atoms with van der Waals surface area (Å²) >= 11 is 0. The maximum Gasteiger partial charge on any atom is 0.237 e. The van der Waals surface area contributed by atoms with E-state index in [4.69, 9.17) is 4.74 Å². The highest BCUT2D eigenvalue weighted by atomic mass is 16.5. The van der Waals surface area contributed by atoms with Gasteiger partial charge in [0.1, 0.15) is 0 Å². The summed E-state index contributed by atoms with van der Waals surface area (Å²) in [7, 11) is 1.80. The Labute approximate surface area is 134 Å². The molecule has 0 aromatic heterocycles. The van der Waals surface area contributed by atoms with E-state index in [2.05, 4.69) is 12.2 Å². The highest BCUT2D eigenvalue weighted by molar-refractivity contribution is 5.81.